The Morgan fingerprint density at radius 3 is 2.71 bits per heavy atom. The van der Waals surface area contributed by atoms with Gasteiger partial charge in [-0.1, -0.05) is 12.2 Å². The maximum atomic E-state index is 5.57. The van der Waals surface area contributed by atoms with Crippen LogP contribution in [0.3, 0.4) is 0 Å². The first-order valence-electron chi connectivity index (χ1n) is 7.83. The summed E-state index contributed by atoms with van der Waals surface area (Å²) < 4.78 is 11.0. The zero-order valence-electron chi connectivity index (χ0n) is 14.3. The summed E-state index contributed by atoms with van der Waals surface area (Å²) >= 11 is 1.58. The van der Waals surface area contributed by atoms with Crippen molar-refractivity contribution in [2.45, 2.75) is 26.3 Å². The first-order chi connectivity index (χ1) is 11.6. The van der Waals surface area contributed by atoms with Crippen LogP contribution in [-0.2, 0) is 4.74 Å². The van der Waals surface area contributed by atoms with E-state index in [1.54, 1.807) is 25.6 Å². The van der Waals surface area contributed by atoms with Gasteiger partial charge in [-0.2, -0.15) is 0 Å². The number of nitrogens with zero attached hydrogens (tertiary/aromatic N) is 2. The van der Waals surface area contributed by atoms with Gasteiger partial charge >= 0.3 is 0 Å². The van der Waals surface area contributed by atoms with E-state index in [4.69, 9.17) is 14.5 Å². The van der Waals surface area contributed by atoms with Gasteiger partial charge in [0.25, 0.3) is 0 Å². The minimum absolute atomic E-state index is 0.343. The number of pyridine rings is 1. The molecule has 2 heterocycles. The molecule has 0 saturated heterocycles. The van der Waals surface area contributed by atoms with Gasteiger partial charge in [0.2, 0.25) is 0 Å². The Hall–Kier alpha value is -2.34. The maximum absolute atomic E-state index is 5.57. The number of methoxy groups -OCH3 is 2. The SMILES string of the molecule is COC1=Cc2nc(-c3csc(NC(C)C)n3)cc(OC)c2C=CC1. The number of nitrogens with one attached hydrogen (secondary N) is 1. The fourth-order valence-electron chi connectivity index (χ4n) is 2.48. The predicted octanol–water partition coefficient (Wildman–Crippen LogP) is 4.44. The van der Waals surface area contributed by atoms with Crippen molar-refractivity contribution in [1.29, 1.82) is 0 Å². The molecule has 126 valence electrons. The highest BCUT2D eigenvalue weighted by atomic mass is 32.1. The molecule has 0 spiro atoms. The molecule has 0 bridgehead atoms. The van der Waals surface area contributed by atoms with Gasteiger partial charge in [0.15, 0.2) is 5.13 Å². The zero-order chi connectivity index (χ0) is 17.1. The second-order valence-corrected chi connectivity index (χ2v) is 6.62. The van der Waals surface area contributed by atoms with E-state index < -0.39 is 0 Å². The molecule has 3 rings (SSSR count). The van der Waals surface area contributed by atoms with E-state index in [9.17, 15) is 0 Å². The molecule has 1 N–H and O–H groups in total. The molecule has 24 heavy (non-hydrogen) atoms. The van der Waals surface area contributed by atoms with Crippen LogP contribution in [0.1, 0.15) is 31.5 Å². The van der Waals surface area contributed by atoms with Crippen LogP contribution in [0.15, 0.2) is 23.3 Å². The molecule has 0 aromatic carbocycles. The van der Waals surface area contributed by atoms with Crippen molar-refractivity contribution in [1.82, 2.24) is 9.97 Å². The van der Waals surface area contributed by atoms with Crippen LogP contribution in [0.2, 0.25) is 0 Å². The number of allylic oxidation sites excluding steroid dienone is 1. The smallest absolute Gasteiger partial charge is 0.183 e. The number of fused-ring (bicyclic) bond motifs is 1. The summed E-state index contributed by atoms with van der Waals surface area (Å²) in [4.78, 5) is 9.40. The molecule has 0 fully saturated rings. The average molecular weight is 343 g/mol. The molecule has 1 aliphatic rings. The number of hydrogen-bond donors (Lipinski definition) is 1. The molecule has 2 aromatic heterocycles. The van der Waals surface area contributed by atoms with Crippen molar-refractivity contribution >= 4 is 28.6 Å². The summed E-state index contributed by atoms with van der Waals surface area (Å²) in [6.07, 6.45) is 6.78. The van der Waals surface area contributed by atoms with Crippen molar-refractivity contribution in [2.75, 3.05) is 19.5 Å². The van der Waals surface area contributed by atoms with Gasteiger partial charge in [0.05, 0.1) is 25.6 Å². The number of hydrogen-bond acceptors (Lipinski definition) is 6. The standard InChI is InChI=1S/C18H21N3O2S/c1-11(2)19-18-21-16(10-24-18)15-9-17(23-4)13-7-5-6-12(22-3)8-14(13)20-15/h5,7-11H,6H2,1-4H3,(H,19,21). The second-order valence-electron chi connectivity index (χ2n) is 5.77. The minimum atomic E-state index is 0.343. The average Bonchev–Trinajstić information content (AvgIpc) is 2.91. The molecule has 0 amide bonds. The van der Waals surface area contributed by atoms with Crippen LogP contribution in [0.4, 0.5) is 5.13 Å². The molecular formula is C18H21N3O2S. The summed E-state index contributed by atoms with van der Waals surface area (Å²) in [5.74, 6) is 1.66. The quantitative estimate of drug-likeness (QED) is 0.870. The lowest BCUT2D eigenvalue weighted by Crippen LogP contribution is -2.09. The summed E-state index contributed by atoms with van der Waals surface area (Å²) in [5.41, 5.74) is 3.43. The number of thiazole rings is 1. The summed E-state index contributed by atoms with van der Waals surface area (Å²) in [6.45, 7) is 4.18. The lowest BCUT2D eigenvalue weighted by atomic mass is 10.1. The van der Waals surface area contributed by atoms with Crippen LogP contribution in [0.5, 0.6) is 5.75 Å². The Kier molecular flexibility index (Phi) is 4.85. The third-order valence-corrected chi connectivity index (χ3v) is 4.39. The Balaban J connectivity index is 2.05. The number of anilines is 1. The topological polar surface area (TPSA) is 56.3 Å². The van der Waals surface area contributed by atoms with E-state index in [0.29, 0.717) is 6.04 Å². The van der Waals surface area contributed by atoms with E-state index in [1.807, 2.05) is 23.6 Å². The van der Waals surface area contributed by atoms with Crippen molar-refractivity contribution in [2.24, 2.45) is 0 Å². The molecule has 0 saturated carbocycles. The third-order valence-electron chi connectivity index (χ3n) is 3.61. The normalized spacial score (nSPS) is 13.3. The van der Waals surface area contributed by atoms with E-state index in [-0.39, 0.29) is 0 Å². The minimum Gasteiger partial charge on any atom is -0.501 e. The van der Waals surface area contributed by atoms with E-state index in [0.717, 1.165) is 45.7 Å². The van der Waals surface area contributed by atoms with E-state index >= 15 is 0 Å². The Bertz CT molecular complexity index is 794. The van der Waals surface area contributed by atoms with E-state index in [1.165, 1.54) is 0 Å². The summed E-state index contributed by atoms with van der Waals surface area (Å²) in [5, 5.41) is 6.22. The fourth-order valence-corrected chi connectivity index (χ4v) is 3.33. The van der Waals surface area contributed by atoms with Crippen molar-refractivity contribution in [3.05, 3.63) is 34.5 Å². The fraction of sp³-hybridized carbons (Fsp3) is 0.333. The van der Waals surface area contributed by atoms with Gasteiger partial charge < -0.3 is 14.8 Å². The van der Waals surface area contributed by atoms with Crippen LogP contribution in [-0.4, -0.2) is 30.2 Å². The van der Waals surface area contributed by atoms with Gasteiger partial charge in [-0.3, -0.25) is 0 Å². The molecule has 0 aliphatic heterocycles. The van der Waals surface area contributed by atoms with Crippen LogP contribution >= 0.6 is 11.3 Å². The molecule has 1 aliphatic carbocycles. The predicted molar refractivity (Wildman–Crippen MR) is 99.3 cm³/mol. The van der Waals surface area contributed by atoms with Crippen LogP contribution < -0.4 is 10.1 Å². The second kappa shape index (κ2) is 7.05. The zero-order valence-corrected chi connectivity index (χ0v) is 15.1. The Morgan fingerprint density at radius 2 is 2.00 bits per heavy atom. The molecule has 2 aromatic rings. The first kappa shape index (κ1) is 16.5. The molecule has 0 radical (unpaired) electrons. The molecular weight excluding hydrogens is 322 g/mol. The van der Waals surface area contributed by atoms with Gasteiger partial charge in [-0.05, 0) is 13.8 Å². The van der Waals surface area contributed by atoms with Crippen molar-refractivity contribution < 1.29 is 9.47 Å². The van der Waals surface area contributed by atoms with Crippen LogP contribution in [0.25, 0.3) is 23.5 Å². The molecule has 5 nitrogen and oxygen atoms in total. The molecule has 6 heteroatoms. The largest absolute Gasteiger partial charge is 0.501 e. The molecule has 0 atom stereocenters. The van der Waals surface area contributed by atoms with Gasteiger partial charge in [-0.25, -0.2) is 9.97 Å². The van der Waals surface area contributed by atoms with Gasteiger partial charge in [-0.15, -0.1) is 11.3 Å². The number of rotatable bonds is 5. The van der Waals surface area contributed by atoms with Crippen LogP contribution in [0, 0.1) is 0 Å². The van der Waals surface area contributed by atoms with E-state index in [2.05, 4.69) is 30.2 Å². The van der Waals surface area contributed by atoms with Crippen molar-refractivity contribution in [3.63, 3.8) is 0 Å². The highest BCUT2D eigenvalue weighted by Crippen LogP contribution is 2.33. The Morgan fingerprint density at radius 1 is 1.17 bits per heavy atom. The van der Waals surface area contributed by atoms with Crippen molar-refractivity contribution in [3.8, 4) is 17.1 Å². The summed E-state index contributed by atoms with van der Waals surface area (Å²) in [6, 6.07) is 2.28. The van der Waals surface area contributed by atoms with Gasteiger partial charge in [0.1, 0.15) is 17.2 Å². The number of ether oxygens (including phenoxy) is 2. The Labute approximate surface area is 146 Å². The third kappa shape index (κ3) is 3.43. The van der Waals surface area contributed by atoms with Gasteiger partial charge in [0, 0.05) is 35.5 Å². The highest BCUT2D eigenvalue weighted by Gasteiger charge is 2.16. The first-order valence-corrected chi connectivity index (χ1v) is 8.71. The summed E-state index contributed by atoms with van der Waals surface area (Å²) in [7, 11) is 3.35. The lowest BCUT2D eigenvalue weighted by Gasteiger charge is -2.10. The number of aromatic nitrogens is 2. The molecule has 0 unspecified atom stereocenters. The monoisotopic (exact) mass is 343 g/mol. The maximum Gasteiger partial charge on any atom is 0.183 e. The lowest BCUT2D eigenvalue weighted by molar-refractivity contribution is 0.289. The highest BCUT2D eigenvalue weighted by molar-refractivity contribution is 7.14.